The lowest BCUT2D eigenvalue weighted by molar-refractivity contribution is 0.103. The average molecular weight is 269 g/mol. The van der Waals surface area contributed by atoms with Crippen molar-refractivity contribution in [3.63, 3.8) is 0 Å². The lowest BCUT2D eigenvalue weighted by Crippen LogP contribution is -2.12. The van der Waals surface area contributed by atoms with Crippen LogP contribution >= 0.6 is 0 Å². The summed E-state index contributed by atoms with van der Waals surface area (Å²) in [5.41, 5.74) is 3.82. The molecule has 0 spiro atoms. The number of fused-ring (bicyclic) bond motifs is 1. The van der Waals surface area contributed by atoms with E-state index in [9.17, 15) is 4.79 Å². The molecular weight excluding hydrogens is 250 g/mol. The predicted molar refractivity (Wildman–Crippen MR) is 79.2 cm³/mol. The summed E-state index contributed by atoms with van der Waals surface area (Å²) in [7, 11) is 0. The molecular formula is C16H19N3O. The molecule has 2 aromatic rings. The van der Waals surface area contributed by atoms with E-state index in [0.717, 1.165) is 43.6 Å². The van der Waals surface area contributed by atoms with Crippen molar-refractivity contribution < 1.29 is 4.79 Å². The summed E-state index contributed by atoms with van der Waals surface area (Å²) in [5.74, 6) is 0.0562. The number of nitrogens with one attached hydrogen (secondary N) is 1. The lowest BCUT2D eigenvalue weighted by Gasteiger charge is -2.18. The first kappa shape index (κ1) is 12.9. The Labute approximate surface area is 118 Å². The molecule has 0 aliphatic carbocycles. The van der Waals surface area contributed by atoms with Gasteiger partial charge in [-0.05, 0) is 43.0 Å². The summed E-state index contributed by atoms with van der Waals surface area (Å²) in [4.78, 5) is 12.5. The average Bonchev–Trinajstić information content (AvgIpc) is 2.95. The van der Waals surface area contributed by atoms with Gasteiger partial charge < -0.3 is 5.32 Å². The molecule has 0 atom stereocenters. The Morgan fingerprint density at radius 2 is 2.30 bits per heavy atom. The molecule has 0 amide bonds. The number of ketones is 1. The third kappa shape index (κ3) is 2.46. The number of hydrogen-bond donors (Lipinski definition) is 1. The van der Waals surface area contributed by atoms with E-state index in [1.54, 1.807) is 6.20 Å². The maximum atomic E-state index is 12.5. The summed E-state index contributed by atoms with van der Waals surface area (Å²) < 4.78 is 1.83. The van der Waals surface area contributed by atoms with Crippen LogP contribution in [0.2, 0.25) is 0 Å². The second kappa shape index (κ2) is 5.49. The number of carbonyl (C=O) groups excluding carboxylic acids is 1. The number of aromatic nitrogens is 2. The Balaban J connectivity index is 1.85. The molecule has 0 fully saturated rings. The SMILES string of the molecule is CCCn1cc(C(=O)c2ccc3c(c2)CCCN3)cn1. The van der Waals surface area contributed by atoms with Gasteiger partial charge in [-0.1, -0.05) is 6.92 Å². The van der Waals surface area contributed by atoms with Gasteiger partial charge in [0.25, 0.3) is 0 Å². The number of benzene rings is 1. The predicted octanol–water partition coefficient (Wildman–Crippen LogP) is 2.88. The minimum atomic E-state index is 0.0562. The van der Waals surface area contributed by atoms with Crippen LogP contribution in [-0.4, -0.2) is 22.1 Å². The standard InChI is InChI=1S/C16H19N3O/c1-2-8-19-11-14(10-18-19)16(20)13-5-6-15-12(9-13)4-3-7-17-15/h5-6,9-11,17H,2-4,7-8H2,1H3. The molecule has 1 aliphatic heterocycles. The fourth-order valence-electron chi connectivity index (χ4n) is 2.62. The van der Waals surface area contributed by atoms with Crippen LogP contribution in [-0.2, 0) is 13.0 Å². The Morgan fingerprint density at radius 1 is 1.40 bits per heavy atom. The molecule has 4 heteroatoms. The van der Waals surface area contributed by atoms with Crippen LogP contribution < -0.4 is 5.32 Å². The first-order valence-electron chi connectivity index (χ1n) is 7.22. The fraction of sp³-hybridized carbons (Fsp3) is 0.375. The smallest absolute Gasteiger partial charge is 0.196 e. The number of anilines is 1. The zero-order valence-corrected chi connectivity index (χ0v) is 11.7. The van der Waals surface area contributed by atoms with E-state index in [2.05, 4.69) is 17.3 Å². The molecule has 1 aromatic carbocycles. The zero-order chi connectivity index (χ0) is 13.9. The Bertz CT molecular complexity index is 630. The molecule has 0 unspecified atom stereocenters. The lowest BCUT2D eigenvalue weighted by atomic mass is 9.98. The van der Waals surface area contributed by atoms with Gasteiger partial charge in [-0.3, -0.25) is 9.48 Å². The summed E-state index contributed by atoms with van der Waals surface area (Å²) in [6, 6.07) is 5.93. The molecule has 4 nitrogen and oxygen atoms in total. The number of rotatable bonds is 4. The van der Waals surface area contributed by atoms with E-state index in [1.807, 2.05) is 29.1 Å². The van der Waals surface area contributed by atoms with Crippen LogP contribution in [0.25, 0.3) is 0 Å². The maximum absolute atomic E-state index is 12.5. The van der Waals surface area contributed by atoms with E-state index < -0.39 is 0 Å². The highest BCUT2D eigenvalue weighted by atomic mass is 16.1. The van der Waals surface area contributed by atoms with Crippen molar-refractivity contribution in [1.29, 1.82) is 0 Å². The molecule has 0 saturated carbocycles. The highest BCUT2D eigenvalue weighted by Gasteiger charge is 2.15. The minimum absolute atomic E-state index is 0.0562. The van der Waals surface area contributed by atoms with Crippen LogP contribution in [0.15, 0.2) is 30.6 Å². The Morgan fingerprint density at radius 3 is 3.15 bits per heavy atom. The Hall–Kier alpha value is -2.10. The number of nitrogens with zero attached hydrogens (tertiary/aromatic N) is 2. The second-order valence-electron chi connectivity index (χ2n) is 5.22. The van der Waals surface area contributed by atoms with Gasteiger partial charge in [-0.2, -0.15) is 5.10 Å². The number of carbonyl (C=O) groups is 1. The number of hydrogen-bond acceptors (Lipinski definition) is 3. The third-order valence-corrected chi connectivity index (χ3v) is 3.65. The maximum Gasteiger partial charge on any atom is 0.196 e. The van der Waals surface area contributed by atoms with Crippen LogP contribution in [0.5, 0.6) is 0 Å². The summed E-state index contributed by atoms with van der Waals surface area (Å²) >= 11 is 0. The quantitative estimate of drug-likeness (QED) is 0.868. The van der Waals surface area contributed by atoms with Crippen LogP contribution in [0, 0.1) is 0 Å². The topological polar surface area (TPSA) is 46.9 Å². The molecule has 20 heavy (non-hydrogen) atoms. The second-order valence-corrected chi connectivity index (χ2v) is 5.22. The minimum Gasteiger partial charge on any atom is -0.385 e. The highest BCUT2D eigenvalue weighted by molar-refractivity contribution is 6.09. The van der Waals surface area contributed by atoms with Gasteiger partial charge in [0.15, 0.2) is 5.78 Å². The van der Waals surface area contributed by atoms with Gasteiger partial charge >= 0.3 is 0 Å². The summed E-state index contributed by atoms with van der Waals surface area (Å²) in [6.45, 7) is 3.96. The normalized spacial score (nSPS) is 13.7. The van der Waals surface area contributed by atoms with Gasteiger partial charge in [-0.15, -0.1) is 0 Å². The van der Waals surface area contributed by atoms with Crippen LogP contribution in [0.1, 0.15) is 41.3 Å². The molecule has 3 rings (SSSR count). The van der Waals surface area contributed by atoms with E-state index in [4.69, 9.17) is 0 Å². The monoisotopic (exact) mass is 269 g/mol. The van der Waals surface area contributed by atoms with E-state index in [-0.39, 0.29) is 5.78 Å². The van der Waals surface area contributed by atoms with Gasteiger partial charge in [0.2, 0.25) is 0 Å². The molecule has 1 N–H and O–H groups in total. The molecule has 0 radical (unpaired) electrons. The van der Waals surface area contributed by atoms with Gasteiger partial charge in [0.05, 0.1) is 11.8 Å². The van der Waals surface area contributed by atoms with Gasteiger partial charge in [0.1, 0.15) is 0 Å². The summed E-state index contributed by atoms with van der Waals surface area (Å²) in [6.07, 6.45) is 6.68. The van der Waals surface area contributed by atoms with Crippen molar-refractivity contribution in [2.45, 2.75) is 32.7 Å². The fourth-order valence-corrected chi connectivity index (χ4v) is 2.62. The van der Waals surface area contributed by atoms with Crippen LogP contribution in [0.3, 0.4) is 0 Å². The van der Waals surface area contributed by atoms with E-state index in [1.165, 1.54) is 5.56 Å². The van der Waals surface area contributed by atoms with E-state index in [0.29, 0.717) is 5.56 Å². The first-order valence-corrected chi connectivity index (χ1v) is 7.22. The molecule has 0 bridgehead atoms. The molecule has 104 valence electrons. The zero-order valence-electron chi connectivity index (χ0n) is 11.7. The first-order chi connectivity index (χ1) is 9.78. The van der Waals surface area contributed by atoms with Crippen molar-refractivity contribution in [1.82, 2.24) is 9.78 Å². The van der Waals surface area contributed by atoms with Crippen LogP contribution in [0.4, 0.5) is 5.69 Å². The number of aryl methyl sites for hydroxylation is 2. The summed E-state index contributed by atoms with van der Waals surface area (Å²) in [5, 5.41) is 7.59. The third-order valence-electron chi connectivity index (χ3n) is 3.65. The highest BCUT2D eigenvalue weighted by Crippen LogP contribution is 2.24. The van der Waals surface area contributed by atoms with E-state index >= 15 is 0 Å². The molecule has 1 aliphatic rings. The Kier molecular flexibility index (Phi) is 3.54. The largest absolute Gasteiger partial charge is 0.385 e. The molecule has 0 saturated heterocycles. The molecule has 1 aromatic heterocycles. The molecule has 2 heterocycles. The van der Waals surface area contributed by atoms with Crippen molar-refractivity contribution >= 4 is 11.5 Å². The van der Waals surface area contributed by atoms with Crippen molar-refractivity contribution in [2.24, 2.45) is 0 Å². The van der Waals surface area contributed by atoms with Crippen molar-refractivity contribution in [2.75, 3.05) is 11.9 Å². The van der Waals surface area contributed by atoms with Gasteiger partial charge in [-0.25, -0.2) is 0 Å². The van der Waals surface area contributed by atoms with Crippen molar-refractivity contribution in [3.8, 4) is 0 Å². The van der Waals surface area contributed by atoms with Crippen molar-refractivity contribution in [3.05, 3.63) is 47.3 Å². The van der Waals surface area contributed by atoms with Gasteiger partial charge in [0, 0.05) is 30.5 Å².